The number of nitrogens with zero attached hydrogens (tertiary/aromatic N) is 2. The minimum Gasteiger partial charge on any atom is -0.246 e. The predicted octanol–water partition coefficient (Wildman–Crippen LogP) is 5.52. The molecule has 0 amide bonds. The van der Waals surface area contributed by atoms with Crippen molar-refractivity contribution in [3.8, 4) is 11.4 Å². The fourth-order valence-corrected chi connectivity index (χ4v) is 2.98. The molecule has 3 heteroatoms. The van der Waals surface area contributed by atoms with Gasteiger partial charge in [0.15, 0.2) is 0 Å². The Balaban J connectivity index is 1.93. The molecule has 2 nitrogen and oxygen atoms in total. The maximum atomic E-state index is 4.82. The molecule has 0 N–H and O–H groups in total. The van der Waals surface area contributed by atoms with Gasteiger partial charge in [-0.15, -0.1) is 0 Å². The summed E-state index contributed by atoms with van der Waals surface area (Å²) >= 11 is 3.57. The van der Waals surface area contributed by atoms with E-state index in [2.05, 4.69) is 53.2 Å². The molecular formula is C19H13BrN2. The third-order valence-corrected chi connectivity index (χ3v) is 4.77. The Morgan fingerprint density at radius 1 is 0.727 bits per heavy atom. The van der Waals surface area contributed by atoms with E-state index in [1.165, 1.54) is 0 Å². The van der Waals surface area contributed by atoms with Crippen molar-refractivity contribution >= 4 is 37.7 Å². The molecule has 106 valence electrons. The summed E-state index contributed by atoms with van der Waals surface area (Å²) in [6, 6.07) is 20.5. The van der Waals surface area contributed by atoms with Crippen LogP contribution in [-0.2, 0) is 0 Å². The Morgan fingerprint density at radius 3 is 2.27 bits per heavy atom. The number of aryl methyl sites for hydroxylation is 1. The Kier molecular flexibility index (Phi) is 3.16. The number of hydrogen-bond acceptors (Lipinski definition) is 2. The van der Waals surface area contributed by atoms with Crippen molar-refractivity contribution in [1.29, 1.82) is 0 Å². The van der Waals surface area contributed by atoms with Gasteiger partial charge in [-0.05, 0) is 36.8 Å². The summed E-state index contributed by atoms with van der Waals surface area (Å²) in [5.74, 6) is 0. The molecule has 0 bridgehead atoms. The molecular weight excluding hydrogens is 336 g/mol. The molecule has 0 spiro atoms. The van der Waals surface area contributed by atoms with Gasteiger partial charge < -0.3 is 0 Å². The first kappa shape index (κ1) is 13.4. The highest BCUT2D eigenvalue weighted by Gasteiger charge is 2.07. The Morgan fingerprint density at radius 2 is 1.41 bits per heavy atom. The van der Waals surface area contributed by atoms with E-state index in [0.29, 0.717) is 0 Å². The Hall–Kier alpha value is -2.26. The first-order valence-corrected chi connectivity index (χ1v) is 7.94. The van der Waals surface area contributed by atoms with Crippen LogP contribution >= 0.6 is 15.9 Å². The smallest absolute Gasteiger partial charge is 0.0894 e. The van der Waals surface area contributed by atoms with E-state index >= 15 is 0 Å². The number of fused-ring (bicyclic) bond motifs is 2. The minimum atomic E-state index is 0.902. The quantitative estimate of drug-likeness (QED) is 0.452. The first-order valence-electron chi connectivity index (χ1n) is 7.14. The van der Waals surface area contributed by atoms with Crippen molar-refractivity contribution in [1.82, 2.24) is 9.97 Å². The lowest BCUT2D eigenvalue weighted by molar-refractivity contribution is 1.30. The molecule has 0 saturated heterocycles. The number of para-hydroxylation sites is 1. The molecule has 2 aromatic carbocycles. The molecule has 0 aliphatic rings. The van der Waals surface area contributed by atoms with Crippen molar-refractivity contribution in [2.24, 2.45) is 0 Å². The normalized spacial score (nSPS) is 11.2. The van der Waals surface area contributed by atoms with Gasteiger partial charge in [-0.2, -0.15) is 0 Å². The van der Waals surface area contributed by atoms with Crippen LogP contribution in [0, 0.1) is 6.92 Å². The predicted molar refractivity (Wildman–Crippen MR) is 94.9 cm³/mol. The van der Waals surface area contributed by atoms with Gasteiger partial charge in [0.25, 0.3) is 0 Å². The summed E-state index contributed by atoms with van der Waals surface area (Å²) in [6.45, 7) is 2.08. The molecule has 0 fully saturated rings. The zero-order valence-electron chi connectivity index (χ0n) is 12.0. The van der Waals surface area contributed by atoms with Gasteiger partial charge in [0.05, 0.1) is 22.4 Å². The molecule has 0 aliphatic heterocycles. The lowest BCUT2D eigenvalue weighted by Gasteiger charge is -2.07. The van der Waals surface area contributed by atoms with Crippen LogP contribution in [0.25, 0.3) is 33.2 Å². The number of halogens is 1. The molecule has 2 aromatic heterocycles. The van der Waals surface area contributed by atoms with Gasteiger partial charge in [-0.25, -0.2) is 9.97 Å². The maximum Gasteiger partial charge on any atom is 0.0894 e. The maximum absolute atomic E-state index is 4.82. The zero-order valence-corrected chi connectivity index (χ0v) is 13.6. The van der Waals surface area contributed by atoms with Crippen LogP contribution in [0.3, 0.4) is 0 Å². The lowest BCUT2D eigenvalue weighted by Crippen LogP contribution is -1.91. The van der Waals surface area contributed by atoms with Crippen LogP contribution in [0.4, 0.5) is 0 Å². The average Bonchev–Trinajstić information content (AvgIpc) is 2.57. The Bertz CT molecular complexity index is 1010. The molecule has 22 heavy (non-hydrogen) atoms. The summed E-state index contributed by atoms with van der Waals surface area (Å²) in [4.78, 5) is 9.55. The van der Waals surface area contributed by atoms with Gasteiger partial charge in [-0.1, -0.05) is 52.3 Å². The van der Waals surface area contributed by atoms with Crippen molar-refractivity contribution in [2.45, 2.75) is 6.92 Å². The van der Waals surface area contributed by atoms with E-state index < -0.39 is 0 Å². The monoisotopic (exact) mass is 348 g/mol. The van der Waals surface area contributed by atoms with Crippen LogP contribution < -0.4 is 0 Å². The van der Waals surface area contributed by atoms with E-state index in [-0.39, 0.29) is 0 Å². The number of aromatic nitrogens is 2. The minimum absolute atomic E-state index is 0.902. The summed E-state index contributed by atoms with van der Waals surface area (Å²) < 4.78 is 1.08. The fourth-order valence-electron chi connectivity index (χ4n) is 2.66. The van der Waals surface area contributed by atoms with Crippen LogP contribution in [0.2, 0.25) is 0 Å². The number of rotatable bonds is 1. The largest absolute Gasteiger partial charge is 0.246 e. The van der Waals surface area contributed by atoms with Gasteiger partial charge in [-0.3, -0.25) is 0 Å². The number of hydrogen-bond donors (Lipinski definition) is 0. The molecule has 0 saturated carbocycles. The molecule has 0 aliphatic carbocycles. The molecule has 0 atom stereocenters. The SMILES string of the molecule is Cc1c(Br)ccc2ccc(-c3ccc4ccccc4n3)nc12. The van der Waals surface area contributed by atoms with Crippen LogP contribution in [0.15, 0.2) is 65.1 Å². The van der Waals surface area contributed by atoms with E-state index in [1.807, 2.05) is 30.3 Å². The van der Waals surface area contributed by atoms with Crippen LogP contribution in [0.5, 0.6) is 0 Å². The van der Waals surface area contributed by atoms with E-state index in [4.69, 9.17) is 9.97 Å². The lowest BCUT2D eigenvalue weighted by atomic mass is 10.1. The highest BCUT2D eigenvalue weighted by atomic mass is 79.9. The fraction of sp³-hybridized carbons (Fsp3) is 0.0526. The van der Waals surface area contributed by atoms with Gasteiger partial charge >= 0.3 is 0 Å². The van der Waals surface area contributed by atoms with Gasteiger partial charge in [0.1, 0.15) is 0 Å². The van der Waals surface area contributed by atoms with Crippen molar-refractivity contribution < 1.29 is 0 Å². The Labute approximate surface area is 137 Å². The molecule has 4 rings (SSSR count). The van der Waals surface area contributed by atoms with Crippen LogP contribution in [0.1, 0.15) is 5.56 Å². The average molecular weight is 349 g/mol. The van der Waals surface area contributed by atoms with Gasteiger partial charge in [0.2, 0.25) is 0 Å². The summed E-state index contributed by atoms with van der Waals surface area (Å²) in [5, 5.41) is 2.29. The second-order valence-corrected chi connectivity index (χ2v) is 6.18. The summed E-state index contributed by atoms with van der Waals surface area (Å²) in [7, 11) is 0. The summed E-state index contributed by atoms with van der Waals surface area (Å²) in [5.41, 5.74) is 4.97. The van der Waals surface area contributed by atoms with E-state index in [1.54, 1.807) is 0 Å². The summed E-state index contributed by atoms with van der Waals surface area (Å²) in [6.07, 6.45) is 0. The van der Waals surface area contributed by atoms with Gasteiger partial charge in [0, 0.05) is 15.2 Å². The third kappa shape index (κ3) is 2.18. The molecule has 2 heterocycles. The van der Waals surface area contributed by atoms with Crippen molar-refractivity contribution in [3.63, 3.8) is 0 Å². The van der Waals surface area contributed by atoms with Crippen molar-refractivity contribution in [3.05, 3.63) is 70.7 Å². The second kappa shape index (κ2) is 5.18. The molecule has 4 aromatic rings. The third-order valence-electron chi connectivity index (χ3n) is 3.91. The topological polar surface area (TPSA) is 25.8 Å². The second-order valence-electron chi connectivity index (χ2n) is 5.33. The highest BCUT2D eigenvalue weighted by molar-refractivity contribution is 9.10. The highest BCUT2D eigenvalue weighted by Crippen LogP contribution is 2.27. The molecule has 0 radical (unpaired) electrons. The zero-order chi connectivity index (χ0) is 15.1. The van der Waals surface area contributed by atoms with E-state index in [0.717, 1.165) is 43.2 Å². The first-order chi connectivity index (χ1) is 10.7. The standard InChI is InChI=1S/C19H13BrN2/c1-12-15(20)9-6-14-8-11-18(22-19(12)14)17-10-7-13-4-2-3-5-16(13)21-17/h2-11H,1H3. The van der Waals surface area contributed by atoms with Crippen molar-refractivity contribution in [2.75, 3.05) is 0 Å². The van der Waals surface area contributed by atoms with Crippen LogP contribution in [-0.4, -0.2) is 9.97 Å². The number of pyridine rings is 2. The molecule has 0 unspecified atom stereocenters. The number of benzene rings is 2. The van der Waals surface area contributed by atoms with E-state index in [9.17, 15) is 0 Å².